The van der Waals surface area contributed by atoms with Crippen molar-refractivity contribution in [2.45, 2.75) is 12.5 Å². The van der Waals surface area contributed by atoms with Crippen molar-refractivity contribution in [2.24, 2.45) is 5.73 Å². The number of nitrogens with zero attached hydrogens (tertiary/aromatic N) is 1. The van der Waals surface area contributed by atoms with Gasteiger partial charge in [0.05, 0.1) is 4.92 Å². The van der Waals surface area contributed by atoms with Crippen molar-refractivity contribution in [3.8, 4) is 11.5 Å². The Morgan fingerprint density at radius 1 is 1.14 bits per heavy atom. The number of non-ortho nitro benzene ring substituents is 1. The molecule has 0 saturated carbocycles. The van der Waals surface area contributed by atoms with Crippen LogP contribution in [0.5, 0.6) is 11.5 Å². The van der Waals surface area contributed by atoms with Gasteiger partial charge in [0.25, 0.3) is 5.69 Å². The highest BCUT2D eigenvalue weighted by molar-refractivity contribution is 5.73. The van der Waals surface area contributed by atoms with E-state index in [9.17, 15) is 14.9 Å². The van der Waals surface area contributed by atoms with E-state index in [0.717, 1.165) is 5.56 Å². The highest BCUT2D eigenvalue weighted by Gasteiger charge is 2.12. The molecule has 0 amide bonds. The highest BCUT2D eigenvalue weighted by atomic mass is 16.6. The summed E-state index contributed by atoms with van der Waals surface area (Å²) in [5.41, 5.74) is 6.24. The first-order chi connectivity index (χ1) is 10.5. The third-order valence-electron chi connectivity index (χ3n) is 2.98. The summed E-state index contributed by atoms with van der Waals surface area (Å²) in [5.74, 6) is -0.0340. The Morgan fingerprint density at radius 2 is 1.64 bits per heavy atom. The summed E-state index contributed by atoms with van der Waals surface area (Å²) in [6.45, 7) is 0. The molecule has 2 aromatic carbocycles. The van der Waals surface area contributed by atoms with Gasteiger partial charge >= 0.3 is 5.97 Å². The minimum atomic E-state index is -1.05. The number of hydrogen-bond donors (Lipinski definition) is 2. The lowest BCUT2D eigenvalue weighted by Gasteiger charge is -2.08. The average Bonchev–Trinajstić information content (AvgIpc) is 2.49. The van der Waals surface area contributed by atoms with Crippen LogP contribution in [0.15, 0.2) is 48.5 Å². The molecule has 0 saturated heterocycles. The number of carboxylic acids is 1. The molecule has 0 spiro atoms. The van der Waals surface area contributed by atoms with Crippen LogP contribution in [-0.4, -0.2) is 22.0 Å². The van der Waals surface area contributed by atoms with Crippen molar-refractivity contribution in [1.29, 1.82) is 0 Å². The van der Waals surface area contributed by atoms with Gasteiger partial charge in [0.2, 0.25) is 0 Å². The predicted octanol–water partition coefficient (Wildman–Crippen LogP) is 2.34. The molecule has 7 nitrogen and oxygen atoms in total. The van der Waals surface area contributed by atoms with E-state index >= 15 is 0 Å². The molecule has 3 N–H and O–H groups in total. The number of nitro groups is 1. The second-order valence-corrected chi connectivity index (χ2v) is 4.65. The molecule has 7 heteroatoms. The molecule has 1 atom stereocenters. The molecule has 114 valence electrons. The van der Waals surface area contributed by atoms with Crippen molar-refractivity contribution >= 4 is 11.7 Å². The van der Waals surface area contributed by atoms with Crippen molar-refractivity contribution < 1.29 is 19.6 Å². The molecule has 0 bridgehead atoms. The minimum Gasteiger partial charge on any atom is -0.480 e. The summed E-state index contributed by atoms with van der Waals surface area (Å²) >= 11 is 0. The Kier molecular flexibility index (Phi) is 4.70. The van der Waals surface area contributed by atoms with Crippen LogP contribution in [0, 0.1) is 10.1 Å². The van der Waals surface area contributed by atoms with Gasteiger partial charge in [-0.3, -0.25) is 14.9 Å². The maximum absolute atomic E-state index is 10.7. The fraction of sp³-hybridized carbons (Fsp3) is 0.133. The molecule has 1 unspecified atom stereocenters. The zero-order valence-corrected chi connectivity index (χ0v) is 11.5. The molecule has 0 aliphatic heterocycles. The zero-order valence-electron chi connectivity index (χ0n) is 11.5. The van der Waals surface area contributed by atoms with Crippen LogP contribution in [0.1, 0.15) is 5.56 Å². The smallest absolute Gasteiger partial charge is 0.320 e. The molecule has 2 aromatic rings. The van der Waals surface area contributed by atoms with Crippen molar-refractivity contribution in [3.63, 3.8) is 0 Å². The molecule has 2 rings (SSSR count). The summed E-state index contributed by atoms with van der Waals surface area (Å²) < 4.78 is 5.55. The van der Waals surface area contributed by atoms with Gasteiger partial charge in [-0.1, -0.05) is 12.1 Å². The van der Waals surface area contributed by atoms with E-state index in [1.165, 1.54) is 24.3 Å². The number of ether oxygens (including phenoxy) is 1. The van der Waals surface area contributed by atoms with Crippen LogP contribution in [0.4, 0.5) is 5.69 Å². The van der Waals surface area contributed by atoms with Gasteiger partial charge in [0, 0.05) is 12.1 Å². The summed E-state index contributed by atoms with van der Waals surface area (Å²) in [6.07, 6.45) is 0.229. The highest BCUT2D eigenvalue weighted by Crippen LogP contribution is 2.24. The van der Waals surface area contributed by atoms with Gasteiger partial charge in [-0.15, -0.1) is 0 Å². The van der Waals surface area contributed by atoms with Crippen LogP contribution in [0.25, 0.3) is 0 Å². The summed E-state index contributed by atoms with van der Waals surface area (Å²) in [5, 5.41) is 19.3. The number of hydrogen-bond acceptors (Lipinski definition) is 5. The summed E-state index contributed by atoms with van der Waals surface area (Å²) in [7, 11) is 0. The van der Waals surface area contributed by atoms with Crippen molar-refractivity contribution in [1.82, 2.24) is 0 Å². The first-order valence-corrected chi connectivity index (χ1v) is 6.45. The number of rotatable bonds is 6. The van der Waals surface area contributed by atoms with Crippen LogP contribution in [-0.2, 0) is 11.2 Å². The first kappa shape index (κ1) is 15.5. The van der Waals surface area contributed by atoms with Gasteiger partial charge < -0.3 is 15.6 Å². The number of nitrogens with two attached hydrogens (primary N) is 1. The van der Waals surface area contributed by atoms with Crippen LogP contribution in [0.3, 0.4) is 0 Å². The third-order valence-corrected chi connectivity index (χ3v) is 2.98. The monoisotopic (exact) mass is 302 g/mol. The van der Waals surface area contributed by atoms with E-state index < -0.39 is 16.9 Å². The minimum absolute atomic E-state index is 0.00893. The Labute approximate surface area is 126 Å². The fourth-order valence-corrected chi connectivity index (χ4v) is 1.81. The van der Waals surface area contributed by atoms with Crippen LogP contribution in [0.2, 0.25) is 0 Å². The fourth-order valence-electron chi connectivity index (χ4n) is 1.81. The Bertz CT molecular complexity index is 667. The maximum Gasteiger partial charge on any atom is 0.320 e. The third kappa shape index (κ3) is 4.03. The molecule has 0 aliphatic rings. The number of carboxylic acid groups (broad SMARTS) is 1. The first-order valence-electron chi connectivity index (χ1n) is 6.45. The van der Waals surface area contributed by atoms with E-state index in [4.69, 9.17) is 15.6 Å². The zero-order chi connectivity index (χ0) is 16.1. The lowest BCUT2D eigenvalue weighted by atomic mass is 10.1. The van der Waals surface area contributed by atoms with E-state index in [2.05, 4.69) is 0 Å². The topological polar surface area (TPSA) is 116 Å². The summed E-state index contributed by atoms with van der Waals surface area (Å²) in [6, 6.07) is 11.6. The van der Waals surface area contributed by atoms with Gasteiger partial charge in [-0.25, -0.2) is 0 Å². The molecule has 0 fully saturated rings. The molecule has 0 heterocycles. The van der Waals surface area contributed by atoms with E-state index in [1.807, 2.05) is 0 Å². The SMILES string of the molecule is NC(Cc1ccc(Oc2ccc([N+](=O)[O-])cc2)cc1)C(=O)O. The largest absolute Gasteiger partial charge is 0.480 e. The van der Waals surface area contributed by atoms with Crippen molar-refractivity contribution in [3.05, 3.63) is 64.2 Å². The van der Waals surface area contributed by atoms with E-state index in [-0.39, 0.29) is 12.1 Å². The predicted molar refractivity (Wildman–Crippen MR) is 78.9 cm³/mol. The van der Waals surface area contributed by atoms with E-state index in [1.54, 1.807) is 24.3 Å². The second-order valence-electron chi connectivity index (χ2n) is 4.65. The average molecular weight is 302 g/mol. The number of carbonyl (C=O) groups is 1. The lowest BCUT2D eigenvalue weighted by molar-refractivity contribution is -0.384. The number of benzene rings is 2. The Morgan fingerprint density at radius 3 is 2.09 bits per heavy atom. The number of aliphatic carboxylic acids is 1. The molecule has 22 heavy (non-hydrogen) atoms. The standard InChI is InChI=1S/C15H14N2O5/c16-14(15(18)19)9-10-1-5-12(6-2-10)22-13-7-3-11(4-8-13)17(20)21/h1-8,14H,9,16H2,(H,18,19). The van der Waals surface area contributed by atoms with Gasteiger partial charge in [-0.05, 0) is 36.2 Å². The van der Waals surface area contributed by atoms with Gasteiger partial charge in [0.1, 0.15) is 17.5 Å². The lowest BCUT2D eigenvalue weighted by Crippen LogP contribution is -2.32. The quantitative estimate of drug-likeness (QED) is 0.625. The molecule has 0 radical (unpaired) electrons. The number of nitro benzene ring substituents is 1. The normalized spacial score (nSPS) is 11.7. The van der Waals surface area contributed by atoms with E-state index in [0.29, 0.717) is 11.5 Å². The summed E-state index contributed by atoms with van der Waals surface area (Å²) in [4.78, 5) is 20.8. The van der Waals surface area contributed by atoms with Crippen molar-refractivity contribution in [2.75, 3.05) is 0 Å². The second kappa shape index (κ2) is 6.68. The maximum atomic E-state index is 10.7. The van der Waals surface area contributed by atoms with Gasteiger partial charge in [-0.2, -0.15) is 0 Å². The van der Waals surface area contributed by atoms with Crippen LogP contribution < -0.4 is 10.5 Å². The molecular weight excluding hydrogens is 288 g/mol. The molecular formula is C15H14N2O5. The van der Waals surface area contributed by atoms with Crippen LogP contribution >= 0.6 is 0 Å². The Hall–Kier alpha value is -2.93. The molecule has 0 aliphatic carbocycles. The molecule has 0 aromatic heterocycles. The Balaban J connectivity index is 2.01. The van der Waals surface area contributed by atoms with Gasteiger partial charge in [0.15, 0.2) is 0 Å².